The van der Waals surface area contributed by atoms with Crippen molar-refractivity contribution in [3.8, 4) is 0 Å². The molecule has 0 saturated heterocycles. The summed E-state index contributed by atoms with van der Waals surface area (Å²) >= 11 is 0. The summed E-state index contributed by atoms with van der Waals surface area (Å²) in [6, 6.07) is 3.37. The monoisotopic (exact) mass is 289 g/mol. The molecule has 2 N–H and O–H groups in total. The number of carboxylic acid groups (broad SMARTS) is 1. The molecule has 0 atom stereocenters. The van der Waals surface area contributed by atoms with Gasteiger partial charge in [-0.15, -0.1) is 0 Å². The molecule has 0 bridgehead atoms. The van der Waals surface area contributed by atoms with Gasteiger partial charge < -0.3 is 10.4 Å². The van der Waals surface area contributed by atoms with Crippen LogP contribution in [0.4, 0.5) is 10.1 Å². The van der Waals surface area contributed by atoms with E-state index in [1.165, 1.54) is 12.1 Å². The molecule has 108 valence electrons. The molecule has 7 heteroatoms. The van der Waals surface area contributed by atoms with E-state index in [4.69, 9.17) is 5.11 Å². The van der Waals surface area contributed by atoms with Gasteiger partial charge in [0, 0.05) is 30.6 Å². The van der Waals surface area contributed by atoms with Crippen molar-refractivity contribution in [3.63, 3.8) is 0 Å². The number of halogens is 1. The second-order valence-corrected chi connectivity index (χ2v) is 4.27. The highest BCUT2D eigenvalue weighted by Gasteiger charge is 2.10. The number of nitrogens with zero attached hydrogens (tertiary/aromatic N) is 2. The number of hydrogen-bond donors (Lipinski definition) is 2. The Hall–Kier alpha value is -2.96. The molecule has 0 aliphatic heterocycles. The maximum Gasteiger partial charge on any atom is 0.338 e. The number of benzene rings is 1. The molecule has 0 spiro atoms. The minimum absolute atomic E-state index is 0.179. The van der Waals surface area contributed by atoms with Gasteiger partial charge in [0.2, 0.25) is 5.91 Å². The number of hydrogen-bond acceptors (Lipinski definition) is 3. The average molecular weight is 289 g/mol. The van der Waals surface area contributed by atoms with E-state index in [9.17, 15) is 14.0 Å². The SMILES string of the molecule is Cn1cc(/C=C/C(=O)Nc2ccc(C(=O)O)c(F)c2)cn1. The molecule has 6 nitrogen and oxygen atoms in total. The first-order valence-corrected chi connectivity index (χ1v) is 5.96. The van der Waals surface area contributed by atoms with E-state index in [0.29, 0.717) is 0 Å². The lowest BCUT2D eigenvalue weighted by Gasteiger charge is -2.03. The van der Waals surface area contributed by atoms with Crippen LogP contribution in [0.15, 0.2) is 36.7 Å². The van der Waals surface area contributed by atoms with Gasteiger partial charge in [0.25, 0.3) is 0 Å². The van der Waals surface area contributed by atoms with E-state index in [0.717, 1.165) is 17.7 Å². The van der Waals surface area contributed by atoms with Gasteiger partial charge in [-0.2, -0.15) is 5.10 Å². The third-order valence-electron chi connectivity index (χ3n) is 2.62. The number of amides is 1. The molecule has 21 heavy (non-hydrogen) atoms. The quantitative estimate of drug-likeness (QED) is 0.842. The maximum absolute atomic E-state index is 13.4. The molecule has 1 aromatic carbocycles. The number of carbonyl (C=O) groups is 2. The molecule has 0 aliphatic rings. The van der Waals surface area contributed by atoms with Crippen LogP contribution < -0.4 is 5.32 Å². The van der Waals surface area contributed by atoms with E-state index in [1.807, 2.05) is 0 Å². The van der Waals surface area contributed by atoms with Gasteiger partial charge in [0.15, 0.2) is 0 Å². The molecule has 2 rings (SSSR count). The number of aromatic carboxylic acids is 1. The Morgan fingerprint density at radius 2 is 2.19 bits per heavy atom. The summed E-state index contributed by atoms with van der Waals surface area (Å²) in [4.78, 5) is 22.3. The zero-order valence-corrected chi connectivity index (χ0v) is 11.1. The van der Waals surface area contributed by atoms with Crippen molar-refractivity contribution < 1.29 is 19.1 Å². The topological polar surface area (TPSA) is 84.2 Å². The molecule has 2 aromatic rings. The highest BCUT2D eigenvalue weighted by atomic mass is 19.1. The van der Waals surface area contributed by atoms with Crippen molar-refractivity contribution in [2.24, 2.45) is 7.05 Å². The maximum atomic E-state index is 13.4. The third-order valence-corrected chi connectivity index (χ3v) is 2.62. The molecular formula is C14H12FN3O3. The summed E-state index contributed by atoms with van der Waals surface area (Å²) in [6.45, 7) is 0. The number of nitrogens with one attached hydrogen (secondary N) is 1. The Morgan fingerprint density at radius 1 is 1.43 bits per heavy atom. The second-order valence-electron chi connectivity index (χ2n) is 4.27. The van der Waals surface area contributed by atoms with Gasteiger partial charge in [-0.1, -0.05) is 0 Å². The van der Waals surface area contributed by atoms with Crippen molar-refractivity contribution in [1.29, 1.82) is 0 Å². The van der Waals surface area contributed by atoms with Gasteiger partial charge in [0.05, 0.1) is 11.8 Å². The first-order valence-electron chi connectivity index (χ1n) is 5.96. The fourth-order valence-electron chi connectivity index (χ4n) is 1.65. The Bertz CT molecular complexity index is 722. The predicted molar refractivity (Wildman–Crippen MR) is 74.2 cm³/mol. The van der Waals surface area contributed by atoms with Gasteiger partial charge in [-0.3, -0.25) is 9.48 Å². The standard InChI is InChI=1S/C14H12FN3O3/c1-18-8-9(7-16-18)2-5-13(19)17-10-3-4-11(14(20)21)12(15)6-10/h2-8H,1H3,(H,17,19)(H,20,21)/b5-2+. The number of carbonyl (C=O) groups excluding carboxylic acids is 1. The molecule has 1 heterocycles. The van der Waals surface area contributed by atoms with Crippen molar-refractivity contribution in [2.75, 3.05) is 5.32 Å². The highest BCUT2D eigenvalue weighted by Crippen LogP contribution is 2.14. The van der Waals surface area contributed by atoms with Crippen LogP contribution in [-0.4, -0.2) is 26.8 Å². The van der Waals surface area contributed by atoms with Crippen molar-refractivity contribution >= 4 is 23.6 Å². The van der Waals surface area contributed by atoms with Crippen LogP contribution in [0.5, 0.6) is 0 Å². The summed E-state index contributed by atoms with van der Waals surface area (Å²) in [5.41, 5.74) is 0.484. The Morgan fingerprint density at radius 3 is 2.76 bits per heavy atom. The molecule has 0 fully saturated rings. The molecule has 0 unspecified atom stereocenters. The Labute approximate surface area is 119 Å². The van der Waals surface area contributed by atoms with Gasteiger partial charge in [-0.05, 0) is 24.3 Å². The van der Waals surface area contributed by atoms with Crippen LogP contribution in [0.1, 0.15) is 15.9 Å². The van der Waals surface area contributed by atoms with Gasteiger partial charge >= 0.3 is 5.97 Å². The minimum Gasteiger partial charge on any atom is -0.478 e. The largest absolute Gasteiger partial charge is 0.478 e. The van der Waals surface area contributed by atoms with Crippen molar-refractivity contribution in [1.82, 2.24) is 9.78 Å². The number of carboxylic acids is 1. The lowest BCUT2D eigenvalue weighted by atomic mass is 10.2. The average Bonchev–Trinajstić information content (AvgIpc) is 2.82. The first kappa shape index (κ1) is 14.4. The third kappa shape index (κ3) is 3.75. The van der Waals surface area contributed by atoms with E-state index >= 15 is 0 Å². The molecule has 1 amide bonds. The lowest BCUT2D eigenvalue weighted by Crippen LogP contribution is -2.09. The van der Waals surface area contributed by atoms with Crippen LogP contribution in [0.25, 0.3) is 6.08 Å². The summed E-state index contributed by atoms with van der Waals surface area (Å²) in [5.74, 6) is -2.72. The molecular weight excluding hydrogens is 277 g/mol. The number of anilines is 1. The van der Waals surface area contributed by atoms with Crippen molar-refractivity contribution in [2.45, 2.75) is 0 Å². The smallest absolute Gasteiger partial charge is 0.338 e. The Balaban J connectivity index is 2.04. The second kappa shape index (κ2) is 6.00. The van der Waals surface area contributed by atoms with E-state index in [1.54, 1.807) is 30.2 Å². The summed E-state index contributed by atoms with van der Waals surface area (Å²) < 4.78 is 15.0. The van der Waals surface area contributed by atoms with Crippen LogP contribution in [0.3, 0.4) is 0 Å². The Kier molecular flexibility index (Phi) is 4.13. The fraction of sp³-hybridized carbons (Fsp3) is 0.0714. The van der Waals surface area contributed by atoms with Crippen LogP contribution in [0.2, 0.25) is 0 Å². The van der Waals surface area contributed by atoms with Gasteiger partial charge in [0.1, 0.15) is 5.82 Å². The molecule has 0 aliphatic carbocycles. The van der Waals surface area contributed by atoms with Crippen LogP contribution in [0, 0.1) is 5.82 Å². The molecule has 0 saturated carbocycles. The van der Waals surface area contributed by atoms with Gasteiger partial charge in [-0.25, -0.2) is 9.18 Å². The van der Waals surface area contributed by atoms with Crippen LogP contribution in [-0.2, 0) is 11.8 Å². The highest BCUT2D eigenvalue weighted by molar-refractivity contribution is 6.02. The summed E-state index contributed by atoms with van der Waals surface area (Å²) in [7, 11) is 1.75. The number of aryl methyl sites for hydroxylation is 1. The van der Waals surface area contributed by atoms with E-state index in [2.05, 4.69) is 10.4 Å². The summed E-state index contributed by atoms with van der Waals surface area (Å²) in [6.07, 6.45) is 6.15. The minimum atomic E-state index is -1.36. The number of rotatable bonds is 4. The lowest BCUT2D eigenvalue weighted by molar-refractivity contribution is -0.111. The number of aromatic nitrogens is 2. The zero-order valence-electron chi connectivity index (χ0n) is 11.1. The van der Waals surface area contributed by atoms with E-state index < -0.39 is 23.3 Å². The zero-order chi connectivity index (χ0) is 15.4. The normalized spacial score (nSPS) is 10.8. The molecule has 1 aromatic heterocycles. The summed E-state index contributed by atoms with van der Waals surface area (Å²) in [5, 5.41) is 15.1. The van der Waals surface area contributed by atoms with E-state index in [-0.39, 0.29) is 5.69 Å². The predicted octanol–water partition coefficient (Wildman–Crippen LogP) is 1.91. The fourth-order valence-corrected chi connectivity index (χ4v) is 1.65. The molecule has 0 radical (unpaired) electrons. The first-order chi connectivity index (χ1) is 9.95. The van der Waals surface area contributed by atoms with Crippen molar-refractivity contribution in [3.05, 3.63) is 53.6 Å². The van der Waals surface area contributed by atoms with Crippen LogP contribution >= 0.6 is 0 Å².